The van der Waals surface area contributed by atoms with Crippen LogP contribution in [0.3, 0.4) is 0 Å². The molecule has 0 unspecified atom stereocenters. The molecule has 4 amide bonds. The first-order valence-corrected chi connectivity index (χ1v) is 11.6. The fourth-order valence-electron chi connectivity index (χ4n) is 5.22. The van der Waals surface area contributed by atoms with Crippen LogP contribution in [0.1, 0.15) is 50.8 Å². The number of likely N-dealkylation sites (N-methyl/N-ethyl adjacent to an activating group) is 1. The summed E-state index contributed by atoms with van der Waals surface area (Å²) in [5, 5.41) is 2.61. The Bertz CT molecular complexity index is 1030. The Hall–Kier alpha value is -3.04. The quantitative estimate of drug-likeness (QED) is 0.704. The lowest BCUT2D eigenvalue weighted by molar-refractivity contribution is -0.144. The van der Waals surface area contributed by atoms with Crippen LogP contribution in [-0.2, 0) is 15.8 Å². The molecule has 10 heteroatoms. The van der Waals surface area contributed by atoms with Crippen LogP contribution in [0, 0.1) is 5.92 Å². The molecule has 4 rings (SSSR count). The lowest BCUT2D eigenvalue weighted by atomic mass is 9.91. The zero-order valence-corrected chi connectivity index (χ0v) is 19.5. The van der Waals surface area contributed by atoms with Crippen molar-refractivity contribution < 1.29 is 27.6 Å². The van der Waals surface area contributed by atoms with Gasteiger partial charge in [-0.2, -0.15) is 13.2 Å². The first kappa shape index (κ1) is 24.1. The monoisotopic (exact) mass is 478 g/mol. The van der Waals surface area contributed by atoms with Gasteiger partial charge in [0.15, 0.2) is 0 Å². The Balaban J connectivity index is 1.77. The van der Waals surface area contributed by atoms with E-state index < -0.39 is 35.8 Å². The average Bonchev–Trinajstić information content (AvgIpc) is 3.42. The zero-order valence-electron chi connectivity index (χ0n) is 19.5. The minimum Gasteiger partial charge on any atom is -0.341 e. The Morgan fingerprint density at radius 2 is 1.79 bits per heavy atom. The molecule has 3 aliphatic heterocycles. The topological polar surface area (TPSA) is 73.0 Å². The molecule has 1 aromatic rings. The molecule has 7 nitrogen and oxygen atoms in total. The molecule has 2 atom stereocenters. The van der Waals surface area contributed by atoms with Crippen LogP contribution < -0.4 is 5.32 Å². The van der Waals surface area contributed by atoms with E-state index in [0.717, 1.165) is 18.9 Å². The second-order valence-corrected chi connectivity index (χ2v) is 9.23. The molecule has 0 bridgehead atoms. The second-order valence-electron chi connectivity index (χ2n) is 9.23. The largest absolute Gasteiger partial charge is 0.416 e. The van der Waals surface area contributed by atoms with Crippen molar-refractivity contribution in [2.75, 3.05) is 26.2 Å². The molecular formula is C24H29F3N4O3. The van der Waals surface area contributed by atoms with Crippen molar-refractivity contribution in [3.8, 4) is 0 Å². The number of carbonyl (C=O) groups excluding carboxylic acids is 3. The van der Waals surface area contributed by atoms with E-state index in [4.69, 9.17) is 0 Å². The smallest absolute Gasteiger partial charge is 0.341 e. The van der Waals surface area contributed by atoms with Crippen LogP contribution in [0.4, 0.5) is 18.0 Å². The molecule has 34 heavy (non-hydrogen) atoms. The van der Waals surface area contributed by atoms with Gasteiger partial charge < -0.3 is 15.1 Å². The van der Waals surface area contributed by atoms with E-state index in [1.54, 1.807) is 11.8 Å². The molecule has 0 saturated carbocycles. The molecule has 1 fully saturated rings. The molecule has 0 spiro atoms. The molecule has 184 valence electrons. The van der Waals surface area contributed by atoms with Crippen molar-refractivity contribution in [3.63, 3.8) is 0 Å². The third-order valence-electron chi connectivity index (χ3n) is 6.78. The number of hydrogen-bond donors (Lipinski definition) is 1. The highest BCUT2D eigenvalue weighted by Crippen LogP contribution is 2.42. The Morgan fingerprint density at radius 1 is 1.15 bits per heavy atom. The predicted octanol–water partition coefficient (Wildman–Crippen LogP) is 3.53. The summed E-state index contributed by atoms with van der Waals surface area (Å²) in [4.78, 5) is 44.5. The van der Waals surface area contributed by atoms with E-state index in [9.17, 15) is 27.6 Å². The van der Waals surface area contributed by atoms with Gasteiger partial charge >= 0.3 is 12.2 Å². The molecule has 1 N–H and O–H groups in total. The maximum atomic E-state index is 13.8. The summed E-state index contributed by atoms with van der Waals surface area (Å²) in [6, 6.07) is 2.37. The summed E-state index contributed by atoms with van der Waals surface area (Å²) in [6.07, 6.45) is -2.85. The highest BCUT2D eigenvalue weighted by molar-refractivity contribution is 6.03. The summed E-state index contributed by atoms with van der Waals surface area (Å²) in [6.45, 7) is 6.92. The number of urea groups is 1. The van der Waals surface area contributed by atoms with Gasteiger partial charge in [-0.05, 0) is 37.3 Å². The lowest BCUT2D eigenvalue weighted by Gasteiger charge is -2.34. The first-order chi connectivity index (χ1) is 16.1. The van der Waals surface area contributed by atoms with Gasteiger partial charge in [-0.15, -0.1) is 0 Å². The maximum absolute atomic E-state index is 13.8. The molecular weight excluding hydrogens is 449 g/mol. The molecule has 0 aliphatic carbocycles. The van der Waals surface area contributed by atoms with E-state index in [0.29, 0.717) is 18.8 Å². The van der Waals surface area contributed by atoms with E-state index in [-0.39, 0.29) is 36.1 Å². The van der Waals surface area contributed by atoms with Crippen molar-refractivity contribution in [1.82, 2.24) is 20.0 Å². The van der Waals surface area contributed by atoms with Gasteiger partial charge in [-0.1, -0.05) is 32.0 Å². The van der Waals surface area contributed by atoms with Gasteiger partial charge in [-0.3, -0.25) is 14.5 Å². The molecule has 0 aromatic heterocycles. The molecule has 1 aromatic carbocycles. The van der Waals surface area contributed by atoms with Crippen molar-refractivity contribution >= 4 is 17.8 Å². The minimum atomic E-state index is -4.66. The summed E-state index contributed by atoms with van der Waals surface area (Å²) in [5.41, 5.74) is -0.637. The van der Waals surface area contributed by atoms with Gasteiger partial charge in [-0.25, -0.2) is 4.79 Å². The van der Waals surface area contributed by atoms with Gasteiger partial charge in [0, 0.05) is 19.6 Å². The number of amides is 4. The SMILES string of the molecule is CCN1C(=O)N[C@H](c2ccccc2C(F)(F)F)C2=C1CN([C@@H](C(=O)N1CCCC1)C(C)C)C2=O. The average molecular weight is 479 g/mol. The second kappa shape index (κ2) is 8.96. The summed E-state index contributed by atoms with van der Waals surface area (Å²) < 4.78 is 41.4. The standard InChI is InChI=1S/C24H29F3N4O3/c1-4-30-17-13-31(20(14(2)3)22(33)29-11-7-8-12-29)21(32)18(17)19(28-23(30)34)15-9-5-6-10-16(15)24(25,26)27/h5-6,9-10,14,19-20H,4,7-8,11-13H2,1-3H3,(H,28,34)/t19-,20-/m1/s1. The highest BCUT2D eigenvalue weighted by atomic mass is 19.4. The van der Waals surface area contributed by atoms with Crippen LogP contribution in [0.25, 0.3) is 0 Å². The van der Waals surface area contributed by atoms with Crippen LogP contribution in [-0.4, -0.2) is 64.8 Å². The normalized spacial score (nSPS) is 22.0. The van der Waals surface area contributed by atoms with Crippen molar-refractivity contribution in [1.29, 1.82) is 0 Å². The number of rotatable bonds is 5. The molecule has 1 saturated heterocycles. The van der Waals surface area contributed by atoms with Crippen molar-refractivity contribution in [2.45, 2.75) is 51.9 Å². The molecule has 3 heterocycles. The van der Waals surface area contributed by atoms with E-state index in [2.05, 4.69) is 5.32 Å². The number of benzene rings is 1. The lowest BCUT2D eigenvalue weighted by Crippen LogP contribution is -2.52. The maximum Gasteiger partial charge on any atom is 0.416 e. The molecule has 0 radical (unpaired) electrons. The number of nitrogens with one attached hydrogen (secondary N) is 1. The highest BCUT2D eigenvalue weighted by Gasteiger charge is 2.49. The third kappa shape index (κ3) is 4.03. The summed E-state index contributed by atoms with van der Waals surface area (Å²) in [5.74, 6) is -0.880. The fraction of sp³-hybridized carbons (Fsp3) is 0.542. The number of halogens is 3. The van der Waals surface area contributed by atoms with Gasteiger partial charge in [0.1, 0.15) is 6.04 Å². The Morgan fingerprint density at radius 3 is 2.38 bits per heavy atom. The Labute approximate surface area is 196 Å². The van der Waals surface area contributed by atoms with Gasteiger partial charge in [0.2, 0.25) is 5.91 Å². The summed E-state index contributed by atoms with van der Waals surface area (Å²) >= 11 is 0. The van der Waals surface area contributed by atoms with Crippen molar-refractivity contribution in [3.05, 3.63) is 46.7 Å². The number of likely N-dealkylation sites (tertiary alicyclic amines) is 1. The molecule has 3 aliphatic rings. The number of carbonyl (C=O) groups is 3. The predicted molar refractivity (Wildman–Crippen MR) is 118 cm³/mol. The van der Waals surface area contributed by atoms with E-state index >= 15 is 0 Å². The minimum absolute atomic E-state index is 0.00252. The van der Waals surface area contributed by atoms with Crippen LogP contribution in [0.2, 0.25) is 0 Å². The van der Waals surface area contributed by atoms with E-state index in [1.807, 2.05) is 13.8 Å². The fourth-order valence-corrected chi connectivity index (χ4v) is 5.22. The van der Waals surface area contributed by atoms with Crippen molar-refractivity contribution in [2.24, 2.45) is 5.92 Å². The van der Waals surface area contributed by atoms with Crippen LogP contribution in [0.15, 0.2) is 35.5 Å². The van der Waals surface area contributed by atoms with E-state index in [1.165, 1.54) is 28.0 Å². The Kier molecular flexibility index (Phi) is 6.35. The van der Waals surface area contributed by atoms with Gasteiger partial charge in [0.25, 0.3) is 5.91 Å². The summed E-state index contributed by atoms with van der Waals surface area (Å²) in [7, 11) is 0. The van der Waals surface area contributed by atoms with Crippen LogP contribution >= 0.6 is 0 Å². The first-order valence-electron chi connectivity index (χ1n) is 11.6. The number of nitrogens with zero attached hydrogens (tertiary/aromatic N) is 3. The van der Waals surface area contributed by atoms with Crippen LogP contribution in [0.5, 0.6) is 0 Å². The number of alkyl halides is 3. The zero-order chi connectivity index (χ0) is 24.8. The van der Waals surface area contributed by atoms with Gasteiger partial charge in [0.05, 0.1) is 29.4 Å². The third-order valence-corrected chi connectivity index (χ3v) is 6.78. The number of hydrogen-bond acceptors (Lipinski definition) is 3.